The fourth-order valence-electron chi connectivity index (χ4n) is 4.24. The lowest BCUT2D eigenvalue weighted by Crippen LogP contribution is -2.43. The number of nitrogens with one attached hydrogen (secondary N) is 1. The molecular formula is C20H32N4O4S. The number of hydrogen-bond acceptors (Lipinski definition) is 6. The molecule has 0 aliphatic carbocycles. The van der Waals surface area contributed by atoms with Crippen molar-refractivity contribution < 1.29 is 13.3 Å². The summed E-state index contributed by atoms with van der Waals surface area (Å²) in [6.07, 6.45) is 5.09. The van der Waals surface area contributed by atoms with E-state index in [1.165, 1.54) is 35.3 Å². The van der Waals surface area contributed by atoms with E-state index in [4.69, 9.17) is 0 Å². The molecule has 2 unspecified atom stereocenters. The van der Waals surface area contributed by atoms with Gasteiger partial charge in [0.05, 0.1) is 9.82 Å². The molecule has 0 radical (unpaired) electrons. The van der Waals surface area contributed by atoms with E-state index in [0.29, 0.717) is 31.2 Å². The third-order valence-corrected chi connectivity index (χ3v) is 7.91. The van der Waals surface area contributed by atoms with Crippen LogP contribution in [-0.2, 0) is 10.0 Å². The molecule has 0 saturated carbocycles. The smallest absolute Gasteiger partial charge is 0.293 e. The second-order valence-electron chi connectivity index (χ2n) is 8.37. The molecule has 2 heterocycles. The van der Waals surface area contributed by atoms with Crippen LogP contribution in [0.15, 0.2) is 23.1 Å². The van der Waals surface area contributed by atoms with Crippen molar-refractivity contribution in [2.24, 2.45) is 5.92 Å². The minimum Gasteiger partial charge on any atom is -0.378 e. The Morgan fingerprint density at radius 3 is 2.59 bits per heavy atom. The maximum Gasteiger partial charge on any atom is 0.293 e. The number of sulfonamides is 1. The number of nitro groups is 1. The van der Waals surface area contributed by atoms with E-state index in [9.17, 15) is 18.5 Å². The number of hydrogen-bond donors (Lipinski definition) is 1. The molecule has 2 atom stereocenters. The number of anilines is 1. The van der Waals surface area contributed by atoms with E-state index >= 15 is 0 Å². The van der Waals surface area contributed by atoms with Crippen molar-refractivity contribution in [3.05, 3.63) is 28.3 Å². The van der Waals surface area contributed by atoms with Gasteiger partial charge in [-0.3, -0.25) is 15.0 Å². The van der Waals surface area contributed by atoms with Gasteiger partial charge >= 0.3 is 0 Å². The predicted molar refractivity (Wildman–Crippen MR) is 114 cm³/mol. The van der Waals surface area contributed by atoms with Crippen molar-refractivity contribution in [3.63, 3.8) is 0 Å². The van der Waals surface area contributed by atoms with E-state index in [2.05, 4.69) is 24.1 Å². The summed E-state index contributed by atoms with van der Waals surface area (Å²) in [4.78, 5) is 13.5. The average molecular weight is 425 g/mol. The van der Waals surface area contributed by atoms with Crippen LogP contribution in [0.25, 0.3) is 0 Å². The van der Waals surface area contributed by atoms with Gasteiger partial charge < -0.3 is 5.32 Å². The molecule has 2 aliphatic rings. The molecule has 2 saturated heterocycles. The van der Waals surface area contributed by atoms with Crippen LogP contribution in [0.1, 0.15) is 46.0 Å². The Morgan fingerprint density at radius 1 is 1.21 bits per heavy atom. The summed E-state index contributed by atoms with van der Waals surface area (Å²) < 4.78 is 27.1. The van der Waals surface area contributed by atoms with Crippen molar-refractivity contribution in [2.45, 2.75) is 56.9 Å². The first-order valence-corrected chi connectivity index (χ1v) is 12.0. The Morgan fingerprint density at radius 2 is 1.93 bits per heavy atom. The highest BCUT2D eigenvalue weighted by molar-refractivity contribution is 7.89. The molecule has 8 nitrogen and oxygen atoms in total. The SMILES string of the molecule is CC1CCCN(C(C)CNc2ccc(S(=O)(=O)N3CCCCC3)cc2[N+](=O)[O-])C1. The molecule has 0 bridgehead atoms. The number of piperidine rings is 2. The number of benzene rings is 1. The average Bonchev–Trinajstić information content (AvgIpc) is 2.72. The van der Waals surface area contributed by atoms with Gasteiger partial charge in [-0.15, -0.1) is 0 Å². The summed E-state index contributed by atoms with van der Waals surface area (Å²) in [6, 6.07) is 4.45. The standard InChI is InChI=1S/C20H32N4O4S/c1-16-7-6-10-22(15-16)17(2)14-21-19-9-8-18(13-20(19)24(25)26)29(27,28)23-11-4-3-5-12-23/h8-9,13,16-17,21H,3-7,10-12,14-15H2,1-2H3. The maximum absolute atomic E-state index is 12.9. The summed E-state index contributed by atoms with van der Waals surface area (Å²) in [5.74, 6) is 0.666. The molecule has 1 aromatic rings. The lowest BCUT2D eigenvalue weighted by Gasteiger charge is -2.35. The van der Waals surface area contributed by atoms with E-state index in [1.807, 2.05) is 0 Å². The van der Waals surface area contributed by atoms with E-state index < -0.39 is 14.9 Å². The number of likely N-dealkylation sites (tertiary alicyclic amines) is 1. The van der Waals surface area contributed by atoms with Crippen molar-refractivity contribution in [3.8, 4) is 0 Å². The highest BCUT2D eigenvalue weighted by Crippen LogP contribution is 2.30. The molecule has 1 aromatic carbocycles. The van der Waals surface area contributed by atoms with Crippen LogP contribution < -0.4 is 5.32 Å². The summed E-state index contributed by atoms with van der Waals surface area (Å²) in [5.41, 5.74) is 0.173. The highest BCUT2D eigenvalue weighted by Gasteiger charge is 2.29. The topological polar surface area (TPSA) is 95.8 Å². The van der Waals surface area contributed by atoms with Crippen LogP contribution in [0, 0.1) is 16.0 Å². The minimum absolute atomic E-state index is 0.00504. The molecule has 0 amide bonds. The van der Waals surface area contributed by atoms with Crippen LogP contribution >= 0.6 is 0 Å². The lowest BCUT2D eigenvalue weighted by molar-refractivity contribution is -0.384. The zero-order valence-corrected chi connectivity index (χ0v) is 18.2. The van der Waals surface area contributed by atoms with Crippen molar-refractivity contribution in [2.75, 3.05) is 38.0 Å². The van der Waals surface area contributed by atoms with Crippen LogP contribution in [0.5, 0.6) is 0 Å². The first-order chi connectivity index (χ1) is 13.8. The quantitative estimate of drug-likeness (QED) is 0.533. The molecule has 29 heavy (non-hydrogen) atoms. The van der Waals surface area contributed by atoms with Crippen molar-refractivity contribution in [1.82, 2.24) is 9.21 Å². The third-order valence-electron chi connectivity index (χ3n) is 6.02. The molecule has 9 heteroatoms. The molecule has 162 valence electrons. The van der Waals surface area contributed by atoms with Gasteiger partial charge in [0.1, 0.15) is 5.69 Å². The summed E-state index contributed by atoms with van der Waals surface area (Å²) in [5, 5.41) is 14.8. The summed E-state index contributed by atoms with van der Waals surface area (Å²) >= 11 is 0. The zero-order chi connectivity index (χ0) is 21.0. The van der Waals surface area contributed by atoms with E-state index in [0.717, 1.165) is 32.4 Å². The van der Waals surface area contributed by atoms with E-state index in [-0.39, 0.29) is 16.6 Å². The highest BCUT2D eigenvalue weighted by atomic mass is 32.2. The Kier molecular flexibility index (Phi) is 7.13. The van der Waals surface area contributed by atoms with Crippen LogP contribution in [0.4, 0.5) is 11.4 Å². The molecule has 2 aliphatic heterocycles. The van der Waals surface area contributed by atoms with E-state index in [1.54, 1.807) is 0 Å². The van der Waals surface area contributed by atoms with Gasteiger partial charge in [0.25, 0.3) is 5.69 Å². The summed E-state index contributed by atoms with van der Waals surface area (Å²) in [6.45, 7) is 7.97. The Bertz CT molecular complexity index is 824. The number of nitro benzene ring substituents is 1. The Hall–Kier alpha value is -1.71. The van der Waals surface area contributed by atoms with Gasteiger partial charge in [-0.2, -0.15) is 4.31 Å². The number of nitrogens with zero attached hydrogens (tertiary/aromatic N) is 3. The molecular weight excluding hydrogens is 392 g/mol. The lowest BCUT2D eigenvalue weighted by atomic mass is 9.99. The molecule has 2 fully saturated rings. The van der Waals surface area contributed by atoms with Crippen molar-refractivity contribution >= 4 is 21.4 Å². The van der Waals surface area contributed by atoms with Gasteiger partial charge in [0, 0.05) is 38.3 Å². The fourth-order valence-corrected chi connectivity index (χ4v) is 5.78. The second kappa shape index (κ2) is 9.40. The van der Waals surface area contributed by atoms with Crippen LogP contribution in [0.3, 0.4) is 0 Å². The molecule has 3 rings (SSSR count). The van der Waals surface area contributed by atoms with Crippen molar-refractivity contribution in [1.29, 1.82) is 0 Å². The minimum atomic E-state index is -3.70. The maximum atomic E-state index is 12.9. The summed E-state index contributed by atoms with van der Waals surface area (Å²) in [7, 11) is -3.70. The van der Waals surface area contributed by atoms with Gasteiger partial charge in [-0.05, 0) is 57.2 Å². The van der Waals surface area contributed by atoms with Gasteiger partial charge in [0.2, 0.25) is 10.0 Å². The monoisotopic (exact) mass is 424 g/mol. The van der Waals surface area contributed by atoms with Gasteiger partial charge in [-0.25, -0.2) is 8.42 Å². The van der Waals surface area contributed by atoms with Gasteiger partial charge in [0.15, 0.2) is 0 Å². The Balaban J connectivity index is 1.73. The Labute approximate surface area is 173 Å². The molecule has 1 N–H and O–H groups in total. The second-order valence-corrected chi connectivity index (χ2v) is 10.3. The number of rotatable bonds is 7. The first-order valence-electron chi connectivity index (χ1n) is 10.6. The fraction of sp³-hybridized carbons (Fsp3) is 0.700. The first kappa shape index (κ1) is 22.0. The predicted octanol–water partition coefficient (Wildman–Crippen LogP) is 3.30. The van der Waals surface area contributed by atoms with Gasteiger partial charge in [-0.1, -0.05) is 13.3 Å². The zero-order valence-electron chi connectivity index (χ0n) is 17.3. The largest absolute Gasteiger partial charge is 0.378 e. The third kappa shape index (κ3) is 5.26. The van der Waals surface area contributed by atoms with Crippen LogP contribution in [0.2, 0.25) is 0 Å². The molecule has 0 aromatic heterocycles. The normalized spacial score (nSPS) is 22.9. The molecule has 0 spiro atoms. The van der Waals surface area contributed by atoms with Crippen LogP contribution in [-0.4, -0.2) is 61.3 Å².